The first-order valence-corrected chi connectivity index (χ1v) is 21.3. The summed E-state index contributed by atoms with van der Waals surface area (Å²) >= 11 is 0. The van der Waals surface area contributed by atoms with E-state index in [1.54, 1.807) is 0 Å². The minimum atomic E-state index is 0.903. The number of rotatable bonds is 7. The Kier molecular flexibility index (Phi) is 8.53. The van der Waals surface area contributed by atoms with Crippen LogP contribution in [0.3, 0.4) is 0 Å². The van der Waals surface area contributed by atoms with Crippen molar-refractivity contribution >= 4 is 71.3 Å². The molecule has 0 radical (unpaired) electrons. The van der Waals surface area contributed by atoms with Gasteiger partial charge in [0.05, 0.1) is 5.69 Å². The Morgan fingerprint density at radius 3 is 1.65 bits per heavy atom. The molecule has 11 aromatic carbocycles. The number of fused-ring (bicyclic) bond motifs is 7. The average Bonchev–Trinajstić information content (AvgIpc) is 3.73. The lowest BCUT2D eigenvalue weighted by atomic mass is 9.84. The van der Waals surface area contributed by atoms with Crippen LogP contribution in [0.15, 0.2) is 241 Å². The summed E-state index contributed by atoms with van der Waals surface area (Å²) in [7, 11) is 0. The fourth-order valence-corrected chi connectivity index (χ4v) is 9.59. The summed E-state index contributed by atoms with van der Waals surface area (Å²) in [4.78, 5) is 2.41. The van der Waals surface area contributed by atoms with Crippen LogP contribution in [0.4, 0.5) is 17.1 Å². The quantitative estimate of drug-likeness (QED) is 0.150. The summed E-state index contributed by atoms with van der Waals surface area (Å²) in [5, 5.41) is 9.63. The Bertz CT molecular complexity index is 3620. The number of anilines is 3. The van der Waals surface area contributed by atoms with Gasteiger partial charge in [0.15, 0.2) is 0 Å². The second-order valence-corrected chi connectivity index (χ2v) is 16.0. The molecule has 0 aliphatic carbocycles. The predicted octanol–water partition coefficient (Wildman–Crippen LogP) is 17.2. The van der Waals surface area contributed by atoms with E-state index in [1.807, 2.05) is 12.1 Å². The number of para-hydroxylation sites is 3. The molecule has 62 heavy (non-hydrogen) atoms. The lowest BCUT2D eigenvalue weighted by Crippen LogP contribution is -2.11. The average molecular weight is 790 g/mol. The third kappa shape index (κ3) is 5.96. The number of hydrogen-bond donors (Lipinski definition) is 0. The van der Waals surface area contributed by atoms with Gasteiger partial charge in [0.2, 0.25) is 0 Å². The van der Waals surface area contributed by atoms with Crippen LogP contribution >= 0.6 is 0 Å². The molecule has 1 aromatic heterocycles. The molecule has 0 bridgehead atoms. The maximum absolute atomic E-state index is 6.47. The zero-order valence-corrected chi connectivity index (χ0v) is 33.9. The van der Waals surface area contributed by atoms with Crippen molar-refractivity contribution < 1.29 is 4.42 Å². The molecular weight excluding hydrogens is 751 g/mol. The number of furan rings is 1. The zero-order valence-electron chi connectivity index (χ0n) is 33.9. The van der Waals surface area contributed by atoms with Gasteiger partial charge in [-0.3, -0.25) is 0 Å². The van der Waals surface area contributed by atoms with Gasteiger partial charge in [-0.2, -0.15) is 0 Å². The fraction of sp³-hybridized carbons (Fsp3) is 0. The maximum Gasteiger partial charge on any atom is 0.143 e. The Hall–Kier alpha value is -8.20. The first kappa shape index (κ1) is 35.7. The molecule has 0 saturated heterocycles. The minimum absolute atomic E-state index is 0.903. The van der Waals surface area contributed by atoms with Gasteiger partial charge in [0, 0.05) is 33.3 Å². The molecule has 0 amide bonds. The third-order valence-electron chi connectivity index (χ3n) is 12.4. The Labute approximate surface area is 360 Å². The summed E-state index contributed by atoms with van der Waals surface area (Å²) in [6, 6.07) is 85.5. The smallest absolute Gasteiger partial charge is 0.143 e. The number of nitrogens with zero attached hydrogens (tertiary/aromatic N) is 1. The molecule has 0 N–H and O–H groups in total. The van der Waals surface area contributed by atoms with Crippen LogP contribution in [0.5, 0.6) is 0 Å². The molecule has 2 heteroatoms. The topological polar surface area (TPSA) is 16.4 Å². The van der Waals surface area contributed by atoms with E-state index in [-0.39, 0.29) is 0 Å². The van der Waals surface area contributed by atoms with Crippen LogP contribution in [-0.2, 0) is 0 Å². The highest BCUT2D eigenvalue weighted by molar-refractivity contribution is 6.22. The van der Waals surface area contributed by atoms with Crippen LogP contribution in [0, 0.1) is 0 Å². The molecule has 12 aromatic rings. The lowest BCUT2D eigenvalue weighted by molar-refractivity contribution is 0.670. The van der Waals surface area contributed by atoms with Crippen molar-refractivity contribution in [2.45, 2.75) is 0 Å². The molecule has 0 unspecified atom stereocenters. The van der Waals surface area contributed by atoms with Gasteiger partial charge in [0.1, 0.15) is 11.2 Å². The van der Waals surface area contributed by atoms with Crippen molar-refractivity contribution in [3.05, 3.63) is 237 Å². The van der Waals surface area contributed by atoms with Gasteiger partial charge in [-0.05, 0) is 108 Å². The maximum atomic E-state index is 6.47. The number of hydrogen-bond acceptors (Lipinski definition) is 2. The van der Waals surface area contributed by atoms with Crippen LogP contribution in [-0.4, -0.2) is 0 Å². The molecular formula is C60H39NO. The largest absolute Gasteiger partial charge is 0.455 e. The third-order valence-corrected chi connectivity index (χ3v) is 12.4. The lowest BCUT2D eigenvalue weighted by Gasteiger charge is -2.28. The van der Waals surface area contributed by atoms with E-state index >= 15 is 0 Å². The van der Waals surface area contributed by atoms with Crippen molar-refractivity contribution in [3.63, 3.8) is 0 Å². The van der Waals surface area contributed by atoms with Crippen molar-refractivity contribution in [1.29, 1.82) is 0 Å². The Morgan fingerprint density at radius 1 is 0.290 bits per heavy atom. The summed E-state index contributed by atoms with van der Waals surface area (Å²) < 4.78 is 6.47. The second-order valence-electron chi connectivity index (χ2n) is 16.0. The molecule has 0 atom stereocenters. The van der Waals surface area contributed by atoms with Crippen molar-refractivity contribution in [3.8, 4) is 44.5 Å². The molecule has 0 spiro atoms. The van der Waals surface area contributed by atoms with E-state index < -0.39 is 0 Å². The van der Waals surface area contributed by atoms with Crippen LogP contribution in [0.1, 0.15) is 0 Å². The Balaban J connectivity index is 1.07. The van der Waals surface area contributed by atoms with E-state index in [0.717, 1.165) is 61.3 Å². The standard InChI is InChI=1S/C60H39NO/c1-3-17-42(18-4-1)58-53-25-10-9-23-50(53)51-37-33-45(39-55(51)59(58)43-19-5-2-6-20-43)48-22-11-13-28-56(48)61(47-36-30-40-16-7-8-21-44(40)38-47)46-34-31-41(32-35-46)49-26-15-27-54-52-24-12-14-29-57(52)62-60(49)54/h1-39H. The molecule has 0 saturated carbocycles. The van der Waals surface area contributed by atoms with Crippen molar-refractivity contribution in [1.82, 2.24) is 0 Å². The van der Waals surface area contributed by atoms with E-state index in [1.165, 1.54) is 54.6 Å². The Morgan fingerprint density at radius 2 is 0.855 bits per heavy atom. The predicted molar refractivity (Wildman–Crippen MR) is 263 cm³/mol. The van der Waals surface area contributed by atoms with Crippen LogP contribution in [0.2, 0.25) is 0 Å². The summed E-state index contributed by atoms with van der Waals surface area (Å²) in [5.41, 5.74) is 14.4. The molecule has 290 valence electrons. The minimum Gasteiger partial charge on any atom is -0.455 e. The van der Waals surface area contributed by atoms with Gasteiger partial charge in [-0.1, -0.05) is 194 Å². The van der Waals surface area contributed by atoms with E-state index in [4.69, 9.17) is 4.42 Å². The SMILES string of the molecule is c1ccc(-c2c(-c3ccccc3)c3cc(-c4ccccc4N(c4ccc(-c5cccc6c5oc5ccccc56)cc4)c4ccc5ccccc5c4)ccc3c3ccccc23)cc1. The number of benzene rings is 11. The molecule has 12 rings (SSSR count). The summed E-state index contributed by atoms with van der Waals surface area (Å²) in [6.07, 6.45) is 0. The normalized spacial score (nSPS) is 11.5. The van der Waals surface area contributed by atoms with Crippen molar-refractivity contribution in [2.75, 3.05) is 4.90 Å². The molecule has 0 aliphatic rings. The highest BCUT2D eigenvalue weighted by Crippen LogP contribution is 2.48. The monoisotopic (exact) mass is 789 g/mol. The molecule has 1 heterocycles. The van der Waals surface area contributed by atoms with Crippen LogP contribution in [0.25, 0.3) is 98.8 Å². The van der Waals surface area contributed by atoms with Gasteiger partial charge in [0.25, 0.3) is 0 Å². The van der Waals surface area contributed by atoms with E-state index in [2.05, 4.69) is 229 Å². The zero-order chi connectivity index (χ0) is 41.0. The molecule has 0 fully saturated rings. The van der Waals surface area contributed by atoms with Gasteiger partial charge in [-0.25, -0.2) is 0 Å². The molecule has 0 aliphatic heterocycles. The van der Waals surface area contributed by atoms with Gasteiger partial charge >= 0.3 is 0 Å². The van der Waals surface area contributed by atoms with E-state index in [0.29, 0.717) is 0 Å². The highest BCUT2D eigenvalue weighted by atomic mass is 16.3. The molecule has 2 nitrogen and oxygen atoms in total. The first-order chi connectivity index (χ1) is 30.8. The first-order valence-electron chi connectivity index (χ1n) is 21.3. The fourth-order valence-electron chi connectivity index (χ4n) is 9.59. The van der Waals surface area contributed by atoms with E-state index in [9.17, 15) is 0 Å². The van der Waals surface area contributed by atoms with Gasteiger partial charge in [-0.15, -0.1) is 0 Å². The van der Waals surface area contributed by atoms with Crippen LogP contribution < -0.4 is 4.90 Å². The summed E-state index contributed by atoms with van der Waals surface area (Å²) in [5.74, 6) is 0. The highest BCUT2D eigenvalue weighted by Gasteiger charge is 2.22. The second kappa shape index (κ2) is 14.8. The summed E-state index contributed by atoms with van der Waals surface area (Å²) in [6.45, 7) is 0. The van der Waals surface area contributed by atoms with Gasteiger partial charge < -0.3 is 9.32 Å². The van der Waals surface area contributed by atoms with Crippen molar-refractivity contribution in [2.24, 2.45) is 0 Å².